The maximum Gasteiger partial charge on any atom is 0.193 e. The van der Waals surface area contributed by atoms with Crippen molar-refractivity contribution in [1.29, 1.82) is 0 Å². The molecular formula is C18H16FNO4S. The molecule has 0 heterocycles. The fraction of sp³-hybridized carbons (Fsp3) is 0.278. The summed E-state index contributed by atoms with van der Waals surface area (Å²) in [5.41, 5.74) is 1.07. The van der Waals surface area contributed by atoms with Crippen LogP contribution in [0.2, 0.25) is 0 Å². The van der Waals surface area contributed by atoms with Crippen LogP contribution in [0.1, 0.15) is 30.1 Å². The monoisotopic (exact) mass is 361 g/mol. The van der Waals surface area contributed by atoms with Gasteiger partial charge in [0.05, 0.1) is 17.6 Å². The summed E-state index contributed by atoms with van der Waals surface area (Å²) in [6.45, 7) is 6.99. The lowest BCUT2D eigenvalue weighted by molar-refractivity contribution is 0.152. The number of sulfone groups is 1. The minimum absolute atomic E-state index is 0.0862. The molecule has 1 aliphatic carbocycles. The summed E-state index contributed by atoms with van der Waals surface area (Å²) in [7, 11) is -3.50. The lowest BCUT2D eigenvalue weighted by atomic mass is 9.88. The molecule has 0 fully saturated rings. The predicted molar refractivity (Wildman–Crippen MR) is 90.2 cm³/mol. The van der Waals surface area contributed by atoms with Crippen molar-refractivity contribution in [3.8, 4) is 11.5 Å². The van der Waals surface area contributed by atoms with Crippen LogP contribution in [0.5, 0.6) is 11.5 Å². The van der Waals surface area contributed by atoms with Gasteiger partial charge in [0, 0.05) is 23.4 Å². The number of hydrogen-bond acceptors (Lipinski definition) is 4. The molecule has 1 N–H and O–H groups in total. The van der Waals surface area contributed by atoms with Gasteiger partial charge in [0.2, 0.25) is 0 Å². The fourth-order valence-corrected chi connectivity index (χ4v) is 4.05. The van der Waals surface area contributed by atoms with Gasteiger partial charge < -0.3 is 9.84 Å². The number of benzene rings is 2. The predicted octanol–water partition coefficient (Wildman–Crippen LogP) is 3.94. The smallest absolute Gasteiger partial charge is 0.193 e. The van der Waals surface area contributed by atoms with Crippen molar-refractivity contribution < 1.29 is 22.7 Å². The lowest BCUT2D eigenvalue weighted by Gasteiger charge is -2.26. The molecule has 0 saturated carbocycles. The molecule has 1 atom stereocenters. The lowest BCUT2D eigenvalue weighted by Crippen LogP contribution is -2.15. The van der Waals surface area contributed by atoms with Crippen molar-refractivity contribution in [2.75, 3.05) is 6.26 Å². The summed E-state index contributed by atoms with van der Waals surface area (Å²) >= 11 is 0. The van der Waals surface area contributed by atoms with Crippen LogP contribution >= 0.6 is 0 Å². The quantitative estimate of drug-likeness (QED) is 0.841. The van der Waals surface area contributed by atoms with Crippen molar-refractivity contribution in [2.45, 2.75) is 30.3 Å². The SMILES string of the molecule is [C-]#[N+]c1cc(F)cc(Oc2ccc(S(C)(=O)=O)c3c2CCCC3O)c1. The highest BCUT2D eigenvalue weighted by Crippen LogP contribution is 2.41. The van der Waals surface area contributed by atoms with Gasteiger partial charge in [0.25, 0.3) is 0 Å². The number of aliphatic hydroxyl groups is 1. The van der Waals surface area contributed by atoms with Crippen LogP contribution < -0.4 is 4.74 Å². The second-order valence-electron chi connectivity index (χ2n) is 5.99. The van der Waals surface area contributed by atoms with Crippen LogP contribution in [-0.2, 0) is 16.3 Å². The van der Waals surface area contributed by atoms with E-state index in [1.54, 1.807) is 0 Å². The number of halogens is 1. The van der Waals surface area contributed by atoms with Crippen molar-refractivity contribution >= 4 is 15.5 Å². The Balaban J connectivity index is 2.11. The number of aliphatic hydroxyl groups excluding tert-OH is 1. The zero-order chi connectivity index (χ0) is 18.2. The molecule has 3 rings (SSSR count). The first-order chi connectivity index (χ1) is 11.8. The molecule has 0 saturated heterocycles. The van der Waals surface area contributed by atoms with E-state index in [4.69, 9.17) is 11.3 Å². The number of nitrogens with zero attached hydrogens (tertiary/aromatic N) is 1. The highest BCUT2D eigenvalue weighted by molar-refractivity contribution is 7.90. The van der Waals surface area contributed by atoms with Gasteiger partial charge in [-0.3, -0.25) is 0 Å². The minimum Gasteiger partial charge on any atom is -0.458 e. The number of fused-ring (bicyclic) bond motifs is 1. The van der Waals surface area contributed by atoms with E-state index in [1.165, 1.54) is 18.2 Å². The number of rotatable bonds is 3. The summed E-state index contributed by atoms with van der Waals surface area (Å²) in [6, 6.07) is 6.58. The summed E-state index contributed by atoms with van der Waals surface area (Å²) in [4.78, 5) is 3.28. The van der Waals surface area contributed by atoms with E-state index in [-0.39, 0.29) is 16.3 Å². The summed E-state index contributed by atoms with van der Waals surface area (Å²) in [5.74, 6) is -0.0757. The molecule has 7 heteroatoms. The Hall–Kier alpha value is -2.43. The van der Waals surface area contributed by atoms with Gasteiger partial charge in [0.15, 0.2) is 15.5 Å². The third kappa shape index (κ3) is 3.50. The molecule has 0 aliphatic heterocycles. The number of ether oxygens (including phenoxy) is 1. The van der Waals surface area contributed by atoms with Crippen molar-refractivity contribution in [1.82, 2.24) is 0 Å². The van der Waals surface area contributed by atoms with Crippen molar-refractivity contribution in [3.05, 3.63) is 58.7 Å². The van der Waals surface area contributed by atoms with Gasteiger partial charge in [-0.2, -0.15) is 0 Å². The zero-order valence-electron chi connectivity index (χ0n) is 13.5. The van der Waals surface area contributed by atoms with E-state index >= 15 is 0 Å². The Morgan fingerprint density at radius 3 is 2.76 bits per heavy atom. The summed E-state index contributed by atoms with van der Waals surface area (Å²) < 4.78 is 43.3. The summed E-state index contributed by atoms with van der Waals surface area (Å²) in [6.07, 6.45) is 1.92. The molecule has 5 nitrogen and oxygen atoms in total. The molecule has 1 aliphatic rings. The Morgan fingerprint density at radius 2 is 2.08 bits per heavy atom. The second-order valence-corrected chi connectivity index (χ2v) is 7.98. The molecule has 25 heavy (non-hydrogen) atoms. The molecule has 130 valence electrons. The van der Waals surface area contributed by atoms with Gasteiger partial charge in [-0.1, -0.05) is 0 Å². The average Bonchev–Trinajstić information content (AvgIpc) is 2.54. The molecule has 0 radical (unpaired) electrons. The highest BCUT2D eigenvalue weighted by Gasteiger charge is 2.28. The molecular weight excluding hydrogens is 345 g/mol. The normalized spacial score (nSPS) is 16.8. The summed E-state index contributed by atoms with van der Waals surface area (Å²) in [5, 5.41) is 10.3. The Bertz CT molecular complexity index is 979. The van der Waals surface area contributed by atoms with E-state index in [1.807, 2.05) is 0 Å². The van der Waals surface area contributed by atoms with E-state index in [9.17, 15) is 17.9 Å². The van der Waals surface area contributed by atoms with Crippen molar-refractivity contribution in [3.63, 3.8) is 0 Å². The minimum atomic E-state index is -3.50. The maximum atomic E-state index is 13.6. The second kappa shape index (κ2) is 6.47. The van der Waals surface area contributed by atoms with Crippen LogP contribution in [0.25, 0.3) is 4.85 Å². The van der Waals surface area contributed by atoms with Crippen LogP contribution in [0.15, 0.2) is 35.2 Å². The van der Waals surface area contributed by atoms with Gasteiger partial charge in [-0.05, 0) is 43.5 Å². The number of hydrogen-bond donors (Lipinski definition) is 1. The Kier molecular flexibility index (Phi) is 4.50. The van der Waals surface area contributed by atoms with Crippen LogP contribution in [0, 0.1) is 12.4 Å². The first-order valence-corrected chi connectivity index (χ1v) is 9.58. The topological polar surface area (TPSA) is 68.0 Å². The zero-order valence-corrected chi connectivity index (χ0v) is 14.3. The van der Waals surface area contributed by atoms with E-state index in [2.05, 4.69) is 4.85 Å². The fourth-order valence-electron chi connectivity index (χ4n) is 3.08. The van der Waals surface area contributed by atoms with Gasteiger partial charge in [0.1, 0.15) is 17.3 Å². The first-order valence-electron chi connectivity index (χ1n) is 7.69. The highest BCUT2D eigenvalue weighted by atomic mass is 32.2. The van der Waals surface area contributed by atoms with Gasteiger partial charge in [-0.15, -0.1) is 0 Å². The maximum absolute atomic E-state index is 13.6. The standard InChI is InChI=1S/C18H16FNO4S/c1-20-12-8-11(19)9-13(10-12)24-16-6-7-17(25(2,22)23)18-14(16)4-3-5-15(18)21/h6-10,15,21H,3-5H2,2H3. The molecule has 1 unspecified atom stereocenters. The largest absolute Gasteiger partial charge is 0.458 e. The molecule has 2 aromatic rings. The van der Waals surface area contributed by atoms with Crippen LogP contribution in [-0.4, -0.2) is 19.8 Å². The van der Waals surface area contributed by atoms with E-state index in [0.717, 1.165) is 18.4 Å². The van der Waals surface area contributed by atoms with Gasteiger partial charge in [-0.25, -0.2) is 17.7 Å². The third-order valence-corrected chi connectivity index (χ3v) is 5.28. The molecule has 0 spiro atoms. The molecule has 2 aromatic carbocycles. The van der Waals surface area contributed by atoms with E-state index < -0.39 is 21.8 Å². The van der Waals surface area contributed by atoms with Crippen LogP contribution in [0.4, 0.5) is 10.1 Å². The van der Waals surface area contributed by atoms with E-state index in [0.29, 0.717) is 36.1 Å². The van der Waals surface area contributed by atoms with Crippen molar-refractivity contribution in [2.24, 2.45) is 0 Å². The average molecular weight is 361 g/mol. The molecule has 0 bridgehead atoms. The third-order valence-electron chi connectivity index (χ3n) is 4.12. The molecule has 0 aromatic heterocycles. The molecule has 0 amide bonds. The van der Waals surface area contributed by atoms with Gasteiger partial charge >= 0.3 is 0 Å². The Morgan fingerprint density at radius 1 is 1.32 bits per heavy atom. The first kappa shape index (κ1) is 17.4. The van der Waals surface area contributed by atoms with Crippen LogP contribution in [0.3, 0.4) is 0 Å². The Labute approximate surface area is 145 Å².